The van der Waals surface area contributed by atoms with E-state index in [1.165, 1.54) is 11.6 Å². The highest BCUT2D eigenvalue weighted by Crippen LogP contribution is 2.26. The van der Waals surface area contributed by atoms with E-state index in [-0.39, 0.29) is 11.3 Å². The van der Waals surface area contributed by atoms with Crippen molar-refractivity contribution in [2.45, 2.75) is 13.3 Å². The molecular weight excluding hydrogens is 242 g/mol. The number of benzene rings is 2. The summed E-state index contributed by atoms with van der Waals surface area (Å²) in [6, 6.07) is 12.5. The van der Waals surface area contributed by atoms with Crippen molar-refractivity contribution in [2.75, 3.05) is 0 Å². The highest BCUT2D eigenvalue weighted by Gasteiger charge is 2.13. The molecule has 0 radical (unpaired) electrons. The van der Waals surface area contributed by atoms with Gasteiger partial charge in [0.05, 0.1) is 10.5 Å². The maximum absolute atomic E-state index is 10.9. The number of nitro benzene ring substituents is 1. The Morgan fingerprint density at radius 2 is 1.74 bits per heavy atom. The van der Waals surface area contributed by atoms with E-state index < -0.39 is 4.92 Å². The molecule has 0 atom stereocenters. The second kappa shape index (κ2) is 5.44. The van der Waals surface area contributed by atoms with Gasteiger partial charge in [-0.2, -0.15) is 0 Å². The lowest BCUT2D eigenvalue weighted by atomic mass is 10.0. The summed E-state index contributed by atoms with van der Waals surface area (Å²) < 4.78 is 0. The minimum Gasteiger partial charge on any atom is -0.298 e. The molecule has 19 heavy (non-hydrogen) atoms. The first-order chi connectivity index (χ1) is 9.15. The standard InChI is InChI=1S/C15H13NO3/c1-2-11-3-5-12(6-4-11)13-7-8-15(16(18)19)14(9-13)10-17/h3-10H,2H2,1H3. The summed E-state index contributed by atoms with van der Waals surface area (Å²) in [5, 5.41) is 10.8. The normalized spacial score (nSPS) is 10.2. The second-order valence-electron chi connectivity index (χ2n) is 4.20. The van der Waals surface area contributed by atoms with E-state index in [1.807, 2.05) is 24.3 Å². The molecule has 0 unspecified atom stereocenters. The number of hydrogen-bond donors (Lipinski definition) is 0. The fourth-order valence-corrected chi connectivity index (χ4v) is 1.93. The van der Waals surface area contributed by atoms with E-state index in [2.05, 4.69) is 6.92 Å². The van der Waals surface area contributed by atoms with Gasteiger partial charge in [-0.15, -0.1) is 0 Å². The molecule has 0 aliphatic carbocycles. The molecule has 96 valence electrons. The molecule has 0 heterocycles. The van der Waals surface area contributed by atoms with E-state index >= 15 is 0 Å². The first-order valence-electron chi connectivity index (χ1n) is 5.98. The molecule has 0 aliphatic heterocycles. The average molecular weight is 255 g/mol. The molecule has 2 rings (SSSR count). The number of aryl methyl sites for hydroxylation is 1. The van der Waals surface area contributed by atoms with Gasteiger partial charge in [-0.1, -0.05) is 31.2 Å². The molecule has 0 saturated carbocycles. The molecule has 0 aromatic heterocycles. The van der Waals surface area contributed by atoms with Gasteiger partial charge in [-0.25, -0.2) is 0 Å². The van der Waals surface area contributed by atoms with Gasteiger partial charge in [0.25, 0.3) is 5.69 Å². The summed E-state index contributed by atoms with van der Waals surface area (Å²) in [5.41, 5.74) is 2.90. The Labute approximate surface area is 110 Å². The first-order valence-corrected chi connectivity index (χ1v) is 5.98. The molecule has 4 nitrogen and oxygen atoms in total. The number of carbonyl (C=O) groups excluding carboxylic acids is 1. The minimum absolute atomic E-state index is 0.0991. The van der Waals surface area contributed by atoms with Crippen molar-refractivity contribution in [1.29, 1.82) is 0 Å². The average Bonchev–Trinajstić information content (AvgIpc) is 2.46. The Bertz CT molecular complexity index is 618. The van der Waals surface area contributed by atoms with Crippen LogP contribution in [0.2, 0.25) is 0 Å². The molecule has 2 aromatic carbocycles. The predicted octanol–water partition coefficient (Wildman–Crippen LogP) is 3.64. The van der Waals surface area contributed by atoms with Crippen molar-refractivity contribution < 1.29 is 9.72 Å². The summed E-state index contributed by atoms with van der Waals surface area (Å²) >= 11 is 0. The summed E-state index contributed by atoms with van der Waals surface area (Å²) in [4.78, 5) is 21.1. The highest BCUT2D eigenvalue weighted by molar-refractivity contribution is 5.84. The number of rotatable bonds is 4. The number of hydrogen-bond acceptors (Lipinski definition) is 3. The van der Waals surface area contributed by atoms with Gasteiger partial charge in [0.15, 0.2) is 6.29 Å². The second-order valence-corrected chi connectivity index (χ2v) is 4.20. The highest BCUT2D eigenvalue weighted by atomic mass is 16.6. The van der Waals surface area contributed by atoms with Crippen molar-refractivity contribution in [1.82, 2.24) is 0 Å². The lowest BCUT2D eigenvalue weighted by molar-refractivity contribution is -0.385. The third-order valence-electron chi connectivity index (χ3n) is 3.05. The third-order valence-corrected chi connectivity index (χ3v) is 3.05. The van der Waals surface area contributed by atoms with Crippen LogP contribution in [0.15, 0.2) is 42.5 Å². The molecule has 0 aliphatic rings. The minimum atomic E-state index is -0.548. The van der Waals surface area contributed by atoms with Crippen LogP contribution >= 0.6 is 0 Å². The lowest BCUT2D eigenvalue weighted by Gasteiger charge is -2.04. The Morgan fingerprint density at radius 3 is 2.26 bits per heavy atom. The Balaban J connectivity index is 2.45. The summed E-state index contributed by atoms with van der Waals surface area (Å²) in [7, 11) is 0. The Morgan fingerprint density at radius 1 is 1.11 bits per heavy atom. The van der Waals surface area contributed by atoms with Crippen LogP contribution in [0.4, 0.5) is 5.69 Å². The SMILES string of the molecule is CCc1ccc(-c2ccc([N+](=O)[O-])c(C=O)c2)cc1. The van der Waals surface area contributed by atoms with E-state index in [0.717, 1.165) is 17.5 Å². The molecule has 0 fully saturated rings. The van der Waals surface area contributed by atoms with E-state index in [1.54, 1.807) is 12.1 Å². The van der Waals surface area contributed by atoms with Crippen LogP contribution in [0, 0.1) is 10.1 Å². The fraction of sp³-hybridized carbons (Fsp3) is 0.133. The number of carbonyl (C=O) groups is 1. The first kappa shape index (κ1) is 13.0. The monoisotopic (exact) mass is 255 g/mol. The molecular formula is C15H13NO3. The van der Waals surface area contributed by atoms with Crippen LogP contribution in [0.1, 0.15) is 22.8 Å². The van der Waals surface area contributed by atoms with Crippen molar-refractivity contribution >= 4 is 12.0 Å². The number of nitrogens with zero attached hydrogens (tertiary/aromatic N) is 1. The topological polar surface area (TPSA) is 60.2 Å². The summed E-state index contributed by atoms with van der Waals surface area (Å²) in [5.74, 6) is 0. The van der Waals surface area contributed by atoms with Gasteiger partial charge >= 0.3 is 0 Å². The number of nitro groups is 1. The largest absolute Gasteiger partial charge is 0.298 e. The zero-order valence-corrected chi connectivity index (χ0v) is 10.5. The maximum Gasteiger partial charge on any atom is 0.279 e. The molecule has 0 bridgehead atoms. The van der Waals surface area contributed by atoms with Crippen LogP contribution in [-0.2, 0) is 6.42 Å². The van der Waals surface area contributed by atoms with Gasteiger partial charge in [0, 0.05) is 6.07 Å². The quantitative estimate of drug-likeness (QED) is 0.476. The van der Waals surface area contributed by atoms with Crippen molar-refractivity contribution in [2.24, 2.45) is 0 Å². The molecule has 0 N–H and O–H groups in total. The van der Waals surface area contributed by atoms with Gasteiger partial charge in [-0.05, 0) is 35.2 Å². The van der Waals surface area contributed by atoms with Gasteiger partial charge in [0.1, 0.15) is 0 Å². The zero-order chi connectivity index (χ0) is 13.8. The van der Waals surface area contributed by atoms with Gasteiger partial charge in [-0.3, -0.25) is 14.9 Å². The summed E-state index contributed by atoms with van der Waals surface area (Å²) in [6.07, 6.45) is 1.47. The van der Waals surface area contributed by atoms with Crippen molar-refractivity contribution in [3.8, 4) is 11.1 Å². The van der Waals surface area contributed by atoms with Crippen LogP contribution in [0.3, 0.4) is 0 Å². The third kappa shape index (κ3) is 2.68. The molecule has 2 aromatic rings. The van der Waals surface area contributed by atoms with E-state index in [0.29, 0.717) is 6.29 Å². The lowest BCUT2D eigenvalue weighted by Crippen LogP contribution is -1.94. The van der Waals surface area contributed by atoms with E-state index in [9.17, 15) is 14.9 Å². The Kier molecular flexibility index (Phi) is 3.71. The van der Waals surface area contributed by atoms with Crippen LogP contribution in [-0.4, -0.2) is 11.2 Å². The predicted molar refractivity (Wildman–Crippen MR) is 73.3 cm³/mol. The Hall–Kier alpha value is -2.49. The molecule has 0 amide bonds. The van der Waals surface area contributed by atoms with E-state index in [4.69, 9.17) is 0 Å². The van der Waals surface area contributed by atoms with Crippen LogP contribution < -0.4 is 0 Å². The molecule has 0 saturated heterocycles. The smallest absolute Gasteiger partial charge is 0.279 e. The zero-order valence-electron chi connectivity index (χ0n) is 10.5. The summed E-state index contributed by atoms with van der Waals surface area (Å²) in [6.45, 7) is 2.07. The van der Waals surface area contributed by atoms with Crippen LogP contribution in [0.25, 0.3) is 11.1 Å². The maximum atomic E-state index is 10.9. The number of aldehydes is 1. The van der Waals surface area contributed by atoms with Crippen molar-refractivity contribution in [3.63, 3.8) is 0 Å². The molecule has 0 spiro atoms. The molecule has 4 heteroatoms. The fourth-order valence-electron chi connectivity index (χ4n) is 1.93. The van der Waals surface area contributed by atoms with Gasteiger partial charge in [0.2, 0.25) is 0 Å². The van der Waals surface area contributed by atoms with Crippen LogP contribution in [0.5, 0.6) is 0 Å². The van der Waals surface area contributed by atoms with Gasteiger partial charge < -0.3 is 0 Å². The van der Waals surface area contributed by atoms with Crippen molar-refractivity contribution in [3.05, 3.63) is 63.7 Å².